The van der Waals surface area contributed by atoms with Crippen LogP contribution in [0.4, 0.5) is 5.82 Å². The van der Waals surface area contributed by atoms with Gasteiger partial charge in [0.2, 0.25) is 0 Å². The summed E-state index contributed by atoms with van der Waals surface area (Å²) in [5.41, 5.74) is 0.972. The van der Waals surface area contributed by atoms with Crippen LogP contribution in [0.15, 0.2) is 12.1 Å². The van der Waals surface area contributed by atoms with Gasteiger partial charge in [0.1, 0.15) is 5.82 Å². The minimum Gasteiger partial charge on any atom is -0.353 e. The average molecular weight is 294 g/mol. The van der Waals surface area contributed by atoms with Gasteiger partial charge in [-0.15, -0.1) is 0 Å². The smallest absolute Gasteiger partial charge is 0.129 e. The number of pyridine rings is 1. The summed E-state index contributed by atoms with van der Waals surface area (Å²) < 4.78 is 0. The third kappa shape index (κ3) is 3.64. The van der Waals surface area contributed by atoms with E-state index in [1.54, 1.807) is 0 Å². The van der Waals surface area contributed by atoms with Crippen molar-refractivity contribution < 1.29 is 0 Å². The summed E-state index contributed by atoms with van der Waals surface area (Å²) in [6.45, 7) is 6.20. The van der Waals surface area contributed by atoms with Crippen molar-refractivity contribution in [1.82, 2.24) is 10.3 Å². The zero-order chi connectivity index (χ0) is 14.1. The predicted octanol–water partition coefficient (Wildman–Crippen LogP) is 3.61. The van der Waals surface area contributed by atoms with Gasteiger partial charge in [-0.05, 0) is 43.7 Å². The molecule has 2 fully saturated rings. The van der Waals surface area contributed by atoms with Gasteiger partial charge in [0.05, 0.1) is 10.7 Å². The Balaban J connectivity index is 1.75. The minimum atomic E-state index is 0.447. The molecule has 0 spiro atoms. The molecule has 4 heteroatoms. The predicted molar refractivity (Wildman–Crippen MR) is 84.3 cm³/mol. The van der Waals surface area contributed by atoms with Crippen molar-refractivity contribution in [1.29, 1.82) is 0 Å². The highest BCUT2D eigenvalue weighted by Gasteiger charge is 2.34. The van der Waals surface area contributed by atoms with Crippen molar-refractivity contribution in [3.63, 3.8) is 0 Å². The molecule has 1 aromatic rings. The molecule has 0 bridgehead atoms. The molecule has 2 aliphatic carbocycles. The SMILES string of the molecule is CC(C)NCc1nc(N(CC2CC2)C2CC2)ccc1Cl. The Labute approximate surface area is 126 Å². The average Bonchev–Trinajstić information content (AvgIpc) is 3.26. The van der Waals surface area contributed by atoms with Gasteiger partial charge >= 0.3 is 0 Å². The van der Waals surface area contributed by atoms with Gasteiger partial charge in [0.15, 0.2) is 0 Å². The van der Waals surface area contributed by atoms with Crippen LogP contribution in [-0.2, 0) is 6.54 Å². The molecule has 110 valence electrons. The summed E-state index contributed by atoms with van der Waals surface area (Å²) in [6, 6.07) is 5.25. The third-order valence-corrected chi connectivity index (χ3v) is 4.36. The highest BCUT2D eigenvalue weighted by Crippen LogP contribution is 2.37. The summed E-state index contributed by atoms with van der Waals surface area (Å²) in [6.07, 6.45) is 5.41. The number of aromatic nitrogens is 1. The van der Waals surface area contributed by atoms with Crippen LogP contribution in [-0.4, -0.2) is 23.6 Å². The van der Waals surface area contributed by atoms with Gasteiger partial charge in [-0.1, -0.05) is 25.4 Å². The molecule has 1 N–H and O–H groups in total. The van der Waals surface area contributed by atoms with Crippen molar-refractivity contribution in [2.45, 2.75) is 58.2 Å². The van der Waals surface area contributed by atoms with E-state index in [9.17, 15) is 0 Å². The molecule has 2 aliphatic rings. The summed E-state index contributed by atoms with van der Waals surface area (Å²) in [4.78, 5) is 7.32. The zero-order valence-corrected chi connectivity index (χ0v) is 13.2. The molecule has 0 saturated heterocycles. The first-order chi connectivity index (χ1) is 9.63. The monoisotopic (exact) mass is 293 g/mol. The lowest BCUT2D eigenvalue weighted by Crippen LogP contribution is -2.29. The van der Waals surface area contributed by atoms with Gasteiger partial charge in [-0.25, -0.2) is 4.98 Å². The summed E-state index contributed by atoms with van der Waals surface area (Å²) >= 11 is 6.28. The number of nitrogens with zero attached hydrogens (tertiary/aromatic N) is 2. The number of nitrogens with one attached hydrogen (secondary N) is 1. The molecule has 1 aromatic heterocycles. The van der Waals surface area contributed by atoms with Crippen LogP contribution in [0.25, 0.3) is 0 Å². The molecular weight excluding hydrogens is 270 g/mol. The van der Waals surface area contributed by atoms with E-state index >= 15 is 0 Å². The molecule has 0 radical (unpaired) electrons. The van der Waals surface area contributed by atoms with Crippen molar-refractivity contribution in [2.24, 2.45) is 5.92 Å². The fraction of sp³-hybridized carbons (Fsp3) is 0.688. The fourth-order valence-electron chi connectivity index (χ4n) is 2.45. The molecule has 0 aromatic carbocycles. The molecule has 1 heterocycles. The summed E-state index contributed by atoms with van der Waals surface area (Å²) in [5.74, 6) is 2.01. The van der Waals surface area contributed by atoms with Crippen LogP contribution in [0.3, 0.4) is 0 Å². The van der Waals surface area contributed by atoms with Gasteiger partial charge in [0, 0.05) is 25.2 Å². The Morgan fingerprint density at radius 1 is 1.30 bits per heavy atom. The lowest BCUT2D eigenvalue weighted by atomic mass is 10.3. The van der Waals surface area contributed by atoms with E-state index in [0.717, 1.165) is 35.0 Å². The van der Waals surface area contributed by atoms with Gasteiger partial charge in [-0.2, -0.15) is 0 Å². The molecule has 3 rings (SSSR count). The first-order valence-corrected chi connectivity index (χ1v) is 8.16. The zero-order valence-electron chi connectivity index (χ0n) is 12.4. The van der Waals surface area contributed by atoms with Crippen LogP contribution >= 0.6 is 11.6 Å². The van der Waals surface area contributed by atoms with Crippen LogP contribution in [0.5, 0.6) is 0 Å². The Kier molecular flexibility index (Phi) is 4.18. The Morgan fingerprint density at radius 3 is 2.65 bits per heavy atom. The Morgan fingerprint density at radius 2 is 2.05 bits per heavy atom. The van der Waals surface area contributed by atoms with Crippen molar-refractivity contribution in [2.75, 3.05) is 11.4 Å². The second kappa shape index (κ2) is 5.90. The molecule has 20 heavy (non-hydrogen) atoms. The standard InChI is InChI=1S/C16H24ClN3/c1-11(2)18-9-15-14(17)7-8-16(19-15)20(13-5-6-13)10-12-3-4-12/h7-8,11-13,18H,3-6,9-10H2,1-2H3. The molecule has 0 unspecified atom stereocenters. The number of anilines is 1. The maximum atomic E-state index is 6.28. The number of halogens is 1. The van der Waals surface area contributed by atoms with Crippen molar-refractivity contribution in [3.8, 4) is 0 Å². The largest absolute Gasteiger partial charge is 0.353 e. The van der Waals surface area contributed by atoms with Crippen molar-refractivity contribution >= 4 is 17.4 Å². The fourth-order valence-corrected chi connectivity index (χ4v) is 2.62. The number of hydrogen-bond donors (Lipinski definition) is 1. The van der Waals surface area contributed by atoms with Gasteiger partial charge in [0.25, 0.3) is 0 Å². The number of rotatable bonds is 7. The first-order valence-electron chi connectivity index (χ1n) is 7.79. The molecule has 0 atom stereocenters. The van der Waals surface area contributed by atoms with E-state index in [1.807, 2.05) is 6.07 Å². The Bertz CT molecular complexity index is 467. The van der Waals surface area contributed by atoms with Gasteiger partial charge in [-0.3, -0.25) is 0 Å². The highest BCUT2D eigenvalue weighted by atomic mass is 35.5. The van der Waals surface area contributed by atoms with E-state index in [-0.39, 0.29) is 0 Å². The topological polar surface area (TPSA) is 28.2 Å². The lowest BCUT2D eigenvalue weighted by molar-refractivity contribution is 0.580. The molecule has 0 aliphatic heterocycles. The van der Waals surface area contributed by atoms with E-state index in [0.29, 0.717) is 6.04 Å². The highest BCUT2D eigenvalue weighted by molar-refractivity contribution is 6.31. The molecule has 2 saturated carbocycles. The van der Waals surface area contributed by atoms with Crippen LogP contribution < -0.4 is 10.2 Å². The maximum absolute atomic E-state index is 6.28. The maximum Gasteiger partial charge on any atom is 0.129 e. The number of hydrogen-bond acceptors (Lipinski definition) is 3. The quantitative estimate of drug-likeness (QED) is 0.832. The minimum absolute atomic E-state index is 0.447. The van der Waals surface area contributed by atoms with E-state index < -0.39 is 0 Å². The third-order valence-electron chi connectivity index (χ3n) is 4.02. The van der Waals surface area contributed by atoms with Crippen LogP contribution in [0.2, 0.25) is 5.02 Å². The summed E-state index contributed by atoms with van der Waals surface area (Å²) in [5, 5.41) is 4.17. The van der Waals surface area contributed by atoms with Crippen LogP contribution in [0, 0.1) is 5.92 Å². The van der Waals surface area contributed by atoms with Crippen molar-refractivity contribution in [3.05, 3.63) is 22.8 Å². The van der Waals surface area contributed by atoms with Gasteiger partial charge < -0.3 is 10.2 Å². The summed E-state index contributed by atoms with van der Waals surface area (Å²) in [7, 11) is 0. The lowest BCUT2D eigenvalue weighted by Gasteiger charge is -2.24. The molecule has 0 amide bonds. The van der Waals surface area contributed by atoms with E-state index in [1.165, 1.54) is 32.2 Å². The van der Waals surface area contributed by atoms with Crippen LogP contribution in [0.1, 0.15) is 45.2 Å². The Hall–Kier alpha value is -0.800. The molecule has 3 nitrogen and oxygen atoms in total. The first kappa shape index (κ1) is 14.2. The van der Waals surface area contributed by atoms with E-state index in [4.69, 9.17) is 16.6 Å². The second-order valence-electron chi connectivity index (χ2n) is 6.46. The van der Waals surface area contributed by atoms with E-state index in [2.05, 4.69) is 30.1 Å². The molecular formula is C16H24ClN3. The normalized spacial score (nSPS) is 18.6. The second-order valence-corrected chi connectivity index (χ2v) is 6.87.